The van der Waals surface area contributed by atoms with Crippen molar-refractivity contribution in [3.63, 3.8) is 0 Å². The van der Waals surface area contributed by atoms with Crippen LogP contribution in [-0.2, 0) is 10.1 Å². The van der Waals surface area contributed by atoms with Crippen molar-refractivity contribution >= 4 is 50.5 Å². The molecule has 1 atom stereocenters. The molecular formula is C13H17Cl2N2O3S+. The SMILES string of the molecule is CC[N+]1=C(C)[NH+](CCCS(=O)(=O)[O-])c2cc(Cl)c(Cl)cc21. The smallest absolute Gasteiger partial charge is 0.344 e. The highest BCUT2D eigenvalue weighted by atomic mass is 35.5. The third-order valence-electron chi connectivity index (χ3n) is 3.63. The minimum atomic E-state index is -4.18. The van der Waals surface area contributed by atoms with Gasteiger partial charge >= 0.3 is 5.84 Å². The summed E-state index contributed by atoms with van der Waals surface area (Å²) in [6, 6.07) is 3.63. The van der Waals surface area contributed by atoms with E-state index in [1.54, 1.807) is 6.07 Å². The van der Waals surface area contributed by atoms with Crippen LogP contribution in [0, 0.1) is 0 Å². The molecular weight excluding hydrogens is 335 g/mol. The zero-order valence-corrected chi connectivity index (χ0v) is 14.1. The maximum absolute atomic E-state index is 10.7. The molecule has 116 valence electrons. The molecule has 0 aliphatic carbocycles. The Bertz CT molecular complexity index is 702. The van der Waals surface area contributed by atoms with Crippen LogP contribution < -0.4 is 4.90 Å². The summed E-state index contributed by atoms with van der Waals surface area (Å²) < 4.78 is 34.3. The van der Waals surface area contributed by atoms with Gasteiger partial charge in [0, 0.05) is 24.3 Å². The van der Waals surface area contributed by atoms with Crippen molar-refractivity contribution < 1.29 is 22.4 Å². The Morgan fingerprint density at radius 3 is 2.48 bits per heavy atom. The molecule has 1 heterocycles. The molecule has 1 unspecified atom stereocenters. The number of nitrogens with one attached hydrogen (secondary N) is 1. The average Bonchev–Trinajstić information content (AvgIpc) is 2.61. The minimum Gasteiger partial charge on any atom is -0.748 e. The highest BCUT2D eigenvalue weighted by molar-refractivity contribution is 7.85. The van der Waals surface area contributed by atoms with Gasteiger partial charge in [0.05, 0.1) is 33.6 Å². The lowest BCUT2D eigenvalue weighted by atomic mass is 10.2. The van der Waals surface area contributed by atoms with Gasteiger partial charge in [0.15, 0.2) is 6.54 Å². The highest BCUT2D eigenvalue weighted by Gasteiger charge is 2.39. The summed E-state index contributed by atoms with van der Waals surface area (Å²) in [5.41, 5.74) is 1.94. The first kappa shape index (κ1) is 16.7. The molecule has 0 radical (unpaired) electrons. The first-order chi connectivity index (χ1) is 9.74. The molecule has 0 aromatic heterocycles. The van der Waals surface area contributed by atoms with Gasteiger partial charge in [0.2, 0.25) is 5.69 Å². The molecule has 5 nitrogen and oxygen atoms in total. The van der Waals surface area contributed by atoms with Gasteiger partial charge in [-0.1, -0.05) is 23.2 Å². The van der Waals surface area contributed by atoms with Crippen molar-refractivity contribution in [2.24, 2.45) is 0 Å². The van der Waals surface area contributed by atoms with Gasteiger partial charge in [0.1, 0.15) is 0 Å². The fourth-order valence-electron chi connectivity index (χ4n) is 2.69. The molecule has 0 amide bonds. The lowest BCUT2D eigenvalue weighted by Crippen LogP contribution is -3.09. The maximum Gasteiger partial charge on any atom is 0.344 e. The number of rotatable bonds is 5. The lowest BCUT2D eigenvalue weighted by Gasteiger charge is -2.11. The molecule has 1 aromatic rings. The van der Waals surface area contributed by atoms with Crippen molar-refractivity contribution in [3.05, 3.63) is 22.2 Å². The summed E-state index contributed by atoms with van der Waals surface area (Å²) in [6.07, 6.45) is 0.301. The second-order valence-corrected chi connectivity index (χ2v) is 7.30. The Morgan fingerprint density at radius 1 is 1.29 bits per heavy atom. The van der Waals surface area contributed by atoms with Gasteiger partial charge < -0.3 is 4.55 Å². The molecule has 0 saturated heterocycles. The van der Waals surface area contributed by atoms with Crippen LogP contribution in [0.1, 0.15) is 20.3 Å². The van der Waals surface area contributed by atoms with E-state index in [-0.39, 0.29) is 5.75 Å². The number of hydrogen-bond acceptors (Lipinski definition) is 3. The van der Waals surface area contributed by atoms with Gasteiger partial charge in [-0.2, -0.15) is 0 Å². The summed E-state index contributed by atoms with van der Waals surface area (Å²) in [5.74, 6) is 0.696. The normalized spacial score (nSPS) is 18.2. The van der Waals surface area contributed by atoms with Gasteiger partial charge in [-0.3, -0.25) is 0 Å². The monoisotopic (exact) mass is 351 g/mol. The van der Waals surface area contributed by atoms with E-state index in [1.165, 1.54) is 0 Å². The fraction of sp³-hybridized carbons (Fsp3) is 0.462. The van der Waals surface area contributed by atoms with Crippen LogP contribution in [0.4, 0.5) is 11.4 Å². The second-order valence-electron chi connectivity index (χ2n) is 4.96. The summed E-state index contributed by atoms with van der Waals surface area (Å²) in [4.78, 5) is 1.02. The largest absolute Gasteiger partial charge is 0.748 e. The molecule has 0 bridgehead atoms. The highest BCUT2D eigenvalue weighted by Crippen LogP contribution is 2.34. The number of nitrogens with zero attached hydrogens (tertiary/aromatic N) is 1. The Labute approximate surface area is 134 Å². The predicted molar refractivity (Wildman–Crippen MR) is 82.3 cm³/mol. The summed E-state index contributed by atoms with van der Waals surface area (Å²) in [7, 11) is -4.18. The number of benzene rings is 1. The molecule has 1 N–H and O–H groups in total. The minimum absolute atomic E-state index is 0.301. The molecule has 2 rings (SSSR count). The van der Waals surface area contributed by atoms with Crippen LogP contribution in [0.5, 0.6) is 0 Å². The predicted octanol–water partition coefficient (Wildman–Crippen LogP) is 1.54. The fourth-order valence-corrected chi connectivity index (χ4v) is 3.51. The molecule has 0 fully saturated rings. The number of amidine groups is 1. The zero-order valence-electron chi connectivity index (χ0n) is 11.8. The molecule has 1 aliphatic heterocycles. The van der Waals surface area contributed by atoms with Crippen LogP contribution in [0.15, 0.2) is 12.1 Å². The lowest BCUT2D eigenvalue weighted by molar-refractivity contribution is -0.744. The molecule has 1 aliphatic rings. The van der Waals surface area contributed by atoms with E-state index in [4.69, 9.17) is 23.2 Å². The Hall–Kier alpha value is -0.660. The number of hydrogen-bond donors (Lipinski definition) is 1. The van der Waals surface area contributed by atoms with Crippen molar-refractivity contribution in [3.8, 4) is 0 Å². The number of quaternary nitrogens is 1. The Balaban J connectivity index is 2.31. The van der Waals surface area contributed by atoms with Gasteiger partial charge in [0.25, 0.3) is 5.69 Å². The maximum atomic E-state index is 10.7. The number of halogens is 2. The third-order valence-corrected chi connectivity index (χ3v) is 5.14. The van der Waals surface area contributed by atoms with Crippen molar-refractivity contribution in [2.45, 2.75) is 20.3 Å². The topological polar surface area (TPSA) is 64.7 Å². The molecule has 0 spiro atoms. The van der Waals surface area contributed by atoms with Crippen molar-refractivity contribution in [2.75, 3.05) is 18.8 Å². The van der Waals surface area contributed by atoms with E-state index in [2.05, 4.69) is 4.58 Å². The van der Waals surface area contributed by atoms with Crippen LogP contribution in [-0.4, -0.2) is 42.2 Å². The Morgan fingerprint density at radius 2 is 1.90 bits per heavy atom. The van der Waals surface area contributed by atoms with Crippen molar-refractivity contribution in [1.82, 2.24) is 0 Å². The first-order valence-corrected chi connectivity index (χ1v) is 8.98. The summed E-state index contributed by atoms with van der Waals surface area (Å²) in [6.45, 7) is 5.31. The molecule has 1 aromatic carbocycles. The first-order valence-electron chi connectivity index (χ1n) is 6.65. The van der Waals surface area contributed by atoms with E-state index in [0.29, 0.717) is 23.0 Å². The quantitative estimate of drug-likeness (QED) is 0.646. The average molecular weight is 352 g/mol. The number of fused-ring (bicyclic) bond motifs is 1. The molecule has 21 heavy (non-hydrogen) atoms. The second kappa shape index (κ2) is 6.22. The van der Waals surface area contributed by atoms with E-state index < -0.39 is 10.1 Å². The van der Waals surface area contributed by atoms with E-state index in [0.717, 1.165) is 28.7 Å². The van der Waals surface area contributed by atoms with Crippen LogP contribution in [0.3, 0.4) is 0 Å². The molecule has 0 saturated carbocycles. The van der Waals surface area contributed by atoms with Gasteiger partial charge in [-0.25, -0.2) is 13.3 Å². The molecule has 8 heteroatoms. The van der Waals surface area contributed by atoms with E-state index in [1.807, 2.05) is 19.9 Å². The summed E-state index contributed by atoms with van der Waals surface area (Å²) in [5, 5.41) is 0.958. The summed E-state index contributed by atoms with van der Waals surface area (Å²) >= 11 is 12.2. The standard InChI is InChI=1S/C13H16Cl2N2O3S/c1-3-16-9(2)17(5-4-6-21(18,19)20)13-8-11(15)10(14)7-12(13)16/h7-8H,3-6H2,1-2H3/p+1. The van der Waals surface area contributed by atoms with Crippen LogP contribution in [0.2, 0.25) is 10.0 Å². The van der Waals surface area contributed by atoms with E-state index in [9.17, 15) is 13.0 Å². The van der Waals surface area contributed by atoms with E-state index >= 15 is 0 Å². The van der Waals surface area contributed by atoms with Crippen LogP contribution in [0.25, 0.3) is 0 Å². The third kappa shape index (κ3) is 3.57. The van der Waals surface area contributed by atoms with Crippen molar-refractivity contribution in [1.29, 1.82) is 0 Å². The Kier molecular flexibility index (Phi) is 4.95. The van der Waals surface area contributed by atoms with Crippen LogP contribution >= 0.6 is 23.2 Å². The van der Waals surface area contributed by atoms with Gasteiger partial charge in [-0.15, -0.1) is 4.58 Å². The van der Waals surface area contributed by atoms with Gasteiger partial charge in [-0.05, 0) is 6.92 Å². The zero-order chi connectivity index (χ0) is 15.8.